The van der Waals surface area contributed by atoms with E-state index in [4.69, 9.17) is 4.74 Å². The fourth-order valence-electron chi connectivity index (χ4n) is 5.95. The second-order valence-corrected chi connectivity index (χ2v) is 10.8. The third-order valence-electron chi connectivity index (χ3n) is 8.24. The monoisotopic (exact) mass is 503 g/mol. The maximum Gasteiger partial charge on any atom is 0.253 e. The van der Waals surface area contributed by atoms with Gasteiger partial charge in [0, 0.05) is 43.9 Å². The van der Waals surface area contributed by atoms with Gasteiger partial charge in [-0.15, -0.1) is 0 Å². The normalized spacial score (nSPS) is 19.2. The molecule has 2 aromatic rings. The van der Waals surface area contributed by atoms with E-state index in [2.05, 4.69) is 29.2 Å². The molecule has 0 unspecified atom stereocenters. The Balaban J connectivity index is 1.05. The summed E-state index contributed by atoms with van der Waals surface area (Å²) in [5.41, 5.74) is 2.67. The number of ether oxygens (including phenoxy) is 1. The predicted octanol–water partition coefficient (Wildman–Crippen LogP) is 5.20. The lowest BCUT2D eigenvalue weighted by Crippen LogP contribution is -2.38. The highest BCUT2D eigenvalue weighted by atomic mass is 16.5. The van der Waals surface area contributed by atoms with Crippen LogP contribution in [0.4, 0.5) is 0 Å². The van der Waals surface area contributed by atoms with Gasteiger partial charge < -0.3 is 19.4 Å². The third kappa shape index (κ3) is 6.72. The Labute approximate surface area is 221 Å². The standard InChI is InChI=1S/C31H41N3O3/c35-30(33-20-4-5-21-33)27-7-9-28(10-8-27)31(36)34-22-15-26(16-23-34)25-11-13-29(14-12-25)37-24-6-19-32-17-2-1-3-18-32/h7-14,26H,1-6,15-24H2. The van der Waals surface area contributed by atoms with Crippen molar-refractivity contribution in [2.75, 3.05) is 52.4 Å². The van der Waals surface area contributed by atoms with Gasteiger partial charge in [0.1, 0.15) is 5.75 Å². The second-order valence-electron chi connectivity index (χ2n) is 10.8. The summed E-state index contributed by atoms with van der Waals surface area (Å²) in [6.45, 7) is 7.57. The number of piperidine rings is 2. The summed E-state index contributed by atoms with van der Waals surface area (Å²) >= 11 is 0. The molecule has 2 amide bonds. The van der Waals surface area contributed by atoms with Crippen molar-refractivity contribution in [1.82, 2.24) is 14.7 Å². The lowest BCUT2D eigenvalue weighted by atomic mass is 9.89. The van der Waals surface area contributed by atoms with Crippen molar-refractivity contribution in [3.05, 3.63) is 65.2 Å². The van der Waals surface area contributed by atoms with Crippen LogP contribution in [0.1, 0.15) is 83.6 Å². The van der Waals surface area contributed by atoms with Gasteiger partial charge in [0.25, 0.3) is 11.8 Å². The van der Waals surface area contributed by atoms with E-state index in [0.29, 0.717) is 17.0 Å². The SMILES string of the molecule is O=C(c1ccc(C(=O)N2CCC(c3ccc(OCCCN4CCCCC4)cc3)CC2)cc1)N1CCCC1. The number of amides is 2. The smallest absolute Gasteiger partial charge is 0.253 e. The van der Waals surface area contributed by atoms with Crippen LogP contribution in [0.15, 0.2) is 48.5 Å². The average Bonchev–Trinajstić information content (AvgIpc) is 3.51. The van der Waals surface area contributed by atoms with E-state index in [0.717, 1.165) is 77.2 Å². The van der Waals surface area contributed by atoms with Gasteiger partial charge in [-0.2, -0.15) is 0 Å². The zero-order valence-corrected chi connectivity index (χ0v) is 22.1. The zero-order valence-electron chi connectivity index (χ0n) is 22.1. The van der Waals surface area contributed by atoms with Crippen LogP contribution >= 0.6 is 0 Å². The summed E-state index contributed by atoms with van der Waals surface area (Å²) in [5, 5.41) is 0. The molecule has 3 aliphatic heterocycles. The Hall–Kier alpha value is -2.86. The summed E-state index contributed by atoms with van der Waals surface area (Å²) in [6.07, 6.45) is 9.22. The van der Waals surface area contributed by atoms with Gasteiger partial charge in [-0.3, -0.25) is 9.59 Å². The van der Waals surface area contributed by atoms with Crippen molar-refractivity contribution < 1.29 is 14.3 Å². The van der Waals surface area contributed by atoms with Gasteiger partial charge >= 0.3 is 0 Å². The molecule has 0 atom stereocenters. The Morgan fingerprint density at radius 3 is 1.81 bits per heavy atom. The first-order valence-electron chi connectivity index (χ1n) is 14.3. The third-order valence-corrected chi connectivity index (χ3v) is 8.24. The van der Waals surface area contributed by atoms with Crippen LogP contribution in [0.3, 0.4) is 0 Å². The van der Waals surface area contributed by atoms with Crippen molar-refractivity contribution in [2.45, 2.75) is 57.3 Å². The van der Waals surface area contributed by atoms with E-state index in [9.17, 15) is 9.59 Å². The minimum atomic E-state index is 0.0620. The summed E-state index contributed by atoms with van der Waals surface area (Å²) < 4.78 is 5.99. The number of benzene rings is 2. The van der Waals surface area contributed by atoms with Gasteiger partial charge in [-0.25, -0.2) is 0 Å². The maximum atomic E-state index is 13.1. The molecule has 3 fully saturated rings. The lowest BCUT2D eigenvalue weighted by molar-refractivity contribution is 0.0711. The molecule has 6 nitrogen and oxygen atoms in total. The molecule has 0 spiro atoms. The largest absolute Gasteiger partial charge is 0.494 e. The fourth-order valence-corrected chi connectivity index (χ4v) is 5.95. The molecule has 0 bridgehead atoms. The highest BCUT2D eigenvalue weighted by Gasteiger charge is 2.25. The topological polar surface area (TPSA) is 53.1 Å². The summed E-state index contributed by atoms with van der Waals surface area (Å²) in [6, 6.07) is 15.8. The molecule has 0 saturated carbocycles. The predicted molar refractivity (Wildman–Crippen MR) is 146 cm³/mol. The minimum absolute atomic E-state index is 0.0620. The summed E-state index contributed by atoms with van der Waals surface area (Å²) in [4.78, 5) is 32.0. The van der Waals surface area contributed by atoms with E-state index in [1.165, 1.54) is 37.9 Å². The molecule has 3 aliphatic rings. The average molecular weight is 504 g/mol. The van der Waals surface area contributed by atoms with Crippen LogP contribution in [0.25, 0.3) is 0 Å². The molecule has 0 aliphatic carbocycles. The Kier molecular flexibility index (Phi) is 8.77. The highest BCUT2D eigenvalue weighted by molar-refractivity contribution is 5.98. The molecule has 0 aromatic heterocycles. The van der Waals surface area contributed by atoms with Crippen LogP contribution in [-0.2, 0) is 0 Å². The number of hydrogen-bond acceptors (Lipinski definition) is 4. The zero-order chi connectivity index (χ0) is 25.5. The van der Waals surface area contributed by atoms with Crippen molar-refractivity contribution in [3.8, 4) is 5.75 Å². The second kappa shape index (κ2) is 12.6. The van der Waals surface area contributed by atoms with Gasteiger partial charge in [0.15, 0.2) is 0 Å². The van der Waals surface area contributed by atoms with E-state index in [1.54, 1.807) is 12.1 Å². The Bertz CT molecular complexity index is 1020. The first-order chi connectivity index (χ1) is 18.2. The number of carbonyl (C=O) groups is 2. The Morgan fingerprint density at radius 1 is 0.676 bits per heavy atom. The molecular formula is C31H41N3O3. The quantitative estimate of drug-likeness (QED) is 0.465. The molecule has 198 valence electrons. The minimum Gasteiger partial charge on any atom is -0.494 e. The van der Waals surface area contributed by atoms with E-state index < -0.39 is 0 Å². The lowest BCUT2D eigenvalue weighted by Gasteiger charge is -2.32. The van der Waals surface area contributed by atoms with Crippen molar-refractivity contribution >= 4 is 11.8 Å². The van der Waals surface area contributed by atoms with Crippen LogP contribution < -0.4 is 4.74 Å². The summed E-state index contributed by atoms with van der Waals surface area (Å²) in [7, 11) is 0. The number of carbonyl (C=O) groups excluding carboxylic acids is 2. The van der Waals surface area contributed by atoms with E-state index in [1.807, 2.05) is 21.9 Å². The highest BCUT2D eigenvalue weighted by Crippen LogP contribution is 2.30. The fraction of sp³-hybridized carbons (Fsp3) is 0.548. The van der Waals surface area contributed by atoms with Crippen LogP contribution in [0.2, 0.25) is 0 Å². The first-order valence-corrected chi connectivity index (χ1v) is 14.3. The van der Waals surface area contributed by atoms with Crippen molar-refractivity contribution in [2.24, 2.45) is 0 Å². The van der Waals surface area contributed by atoms with Crippen molar-refractivity contribution in [3.63, 3.8) is 0 Å². The van der Waals surface area contributed by atoms with Gasteiger partial charge in [0.05, 0.1) is 6.61 Å². The number of nitrogens with zero attached hydrogens (tertiary/aromatic N) is 3. The number of hydrogen-bond donors (Lipinski definition) is 0. The molecular weight excluding hydrogens is 462 g/mol. The molecule has 2 aromatic carbocycles. The molecule has 0 N–H and O–H groups in total. The molecule has 6 heteroatoms. The van der Waals surface area contributed by atoms with Crippen LogP contribution in [0, 0.1) is 0 Å². The van der Waals surface area contributed by atoms with Crippen molar-refractivity contribution in [1.29, 1.82) is 0 Å². The number of likely N-dealkylation sites (tertiary alicyclic amines) is 3. The van der Waals surface area contributed by atoms with Crippen LogP contribution in [0.5, 0.6) is 5.75 Å². The summed E-state index contributed by atoms with van der Waals surface area (Å²) in [5.74, 6) is 1.55. The van der Waals surface area contributed by atoms with E-state index in [-0.39, 0.29) is 11.8 Å². The van der Waals surface area contributed by atoms with Gasteiger partial charge in [0.2, 0.25) is 0 Å². The molecule has 5 rings (SSSR count). The Morgan fingerprint density at radius 2 is 1.22 bits per heavy atom. The molecule has 0 radical (unpaired) electrons. The van der Waals surface area contributed by atoms with Gasteiger partial charge in [-0.1, -0.05) is 18.6 Å². The van der Waals surface area contributed by atoms with Gasteiger partial charge in [-0.05, 0) is 106 Å². The molecule has 37 heavy (non-hydrogen) atoms. The first kappa shape index (κ1) is 25.8. The molecule has 3 heterocycles. The maximum absolute atomic E-state index is 13.1. The number of rotatable bonds is 8. The van der Waals surface area contributed by atoms with E-state index >= 15 is 0 Å². The van der Waals surface area contributed by atoms with Crippen LogP contribution in [-0.4, -0.2) is 78.9 Å². The molecule has 3 saturated heterocycles.